The molecule has 0 radical (unpaired) electrons. The van der Waals surface area contributed by atoms with Crippen LogP contribution in [0.1, 0.15) is 20.3 Å². The molecule has 1 aromatic heterocycles. The molecule has 1 aliphatic heterocycles. The molecule has 7 nitrogen and oxygen atoms in total. The van der Waals surface area contributed by atoms with E-state index in [1.165, 1.54) is 0 Å². The van der Waals surface area contributed by atoms with Crippen LogP contribution in [-0.2, 0) is 4.74 Å². The van der Waals surface area contributed by atoms with Crippen LogP contribution in [0.15, 0.2) is 30.3 Å². The molecule has 0 saturated carbocycles. The molecule has 1 aliphatic rings. The predicted octanol–water partition coefficient (Wildman–Crippen LogP) is 1.57. The van der Waals surface area contributed by atoms with Gasteiger partial charge in [0.25, 0.3) is 0 Å². The Bertz CT molecular complexity index is 592. The summed E-state index contributed by atoms with van der Waals surface area (Å²) >= 11 is 0. The fraction of sp³-hybridized carbons (Fsp3) is 0.562. The highest BCUT2D eigenvalue weighted by Crippen LogP contribution is 2.12. The van der Waals surface area contributed by atoms with E-state index in [1.54, 1.807) is 4.68 Å². The van der Waals surface area contributed by atoms with Gasteiger partial charge >= 0.3 is 0 Å². The SMILES string of the molecule is CC1CN(CCCNc2nnnn2-c2ccccc2)CC(C)O1. The Hall–Kier alpha value is -1.99. The first-order valence-corrected chi connectivity index (χ1v) is 8.18. The number of hydrogen-bond acceptors (Lipinski definition) is 6. The Labute approximate surface area is 136 Å². The van der Waals surface area contributed by atoms with Crippen LogP contribution in [0.3, 0.4) is 0 Å². The van der Waals surface area contributed by atoms with Crippen LogP contribution in [-0.4, -0.2) is 63.5 Å². The molecule has 1 aromatic carbocycles. The summed E-state index contributed by atoms with van der Waals surface area (Å²) in [6, 6.07) is 9.89. The molecule has 0 bridgehead atoms. The first-order valence-electron chi connectivity index (χ1n) is 8.18. The molecule has 3 rings (SSSR count). The van der Waals surface area contributed by atoms with E-state index in [0.717, 1.165) is 38.3 Å². The summed E-state index contributed by atoms with van der Waals surface area (Å²) in [6.45, 7) is 8.17. The molecular formula is C16H24N6O. The van der Waals surface area contributed by atoms with Crippen molar-refractivity contribution in [2.24, 2.45) is 0 Å². The maximum Gasteiger partial charge on any atom is 0.247 e. The molecule has 0 amide bonds. The standard InChI is InChI=1S/C16H24N6O/c1-13-11-21(12-14(2)23-13)10-6-9-17-16-18-19-20-22(16)15-7-4-3-5-8-15/h3-5,7-8,13-14H,6,9-12H2,1-2H3,(H,17,18,20). The molecule has 2 heterocycles. The second-order valence-electron chi connectivity index (χ2n) is 6.05. The Morgan fingerprint density at radius 3 is 2.65 bits per heavy atom. The van der Waals surface area contributed by atoms with E-state index in [2.05, 4.69) is 39.6 Å². The van der Waals surface area contributed by atoms with Gasteiger partial charge in [-0.1, -0.05) is 23.3 Å². The van der Waals surface area contributed by atoms with Crippen LogP contribution in [0.2, 0.25) is 0 Å². The van der Waals surface area contributed by atoms with Gasteiger partial charge in [0.2, 0.25) is 5.95 Å². The van der Waals surface area contributed by atoms with Crippen molar-refractivity contribution in [1.29, 1.82) is 0 Å². The smallest absolute Gasteiger partial charge is 0.247 e. The van der Waals surface area contributed by atoms with Crippen LogP contribution in [0.4, 0.5) is 5.95 Å². The molecule has 2 aromatic rings. The maximum absolute atomic E-state index is 5.76. The lowest BCUT2D eigenvalue weighted by molar-refractivity contribution is -0.0678. The van der Waals surface area contributed by atoms with Gasteiger partial charge in [0.15, 0.2) is 0 Å². The number of para-hydroxylation sites is 1. The molecular weight excluding hydrogens is 292 g/mol. The van der Waals surface area contributed by atoms with E-state index in [1.807, 2.05) is 30.3 Å². The zero-order valence-corrected chi connectivity index (χ0v) is 13.7. The normalized spacial score (nSPS) is 22.2. The monoisotopic (exact) mass is 316 g/mol. The van der Waals surface area contributed by atoms with E-state index in [9.17, 15) is 0 Å². The van der Waals surface area contributed by atoms with Gasteiger partial charge < -0.3 is 10.1 Å². The zero-order chi connectivity index (χ0) is 16.1. The van der Waals surface area contributed by atoms with Crippen molar-refractivity contribution in [3.8, 4) is 5.69 Å². The number of tetrazole rings is 1. The van der Waals surface area contributed by atoms with E-state index in [4.69, 9.17) is 4.74 Å². The molecule has 1 saturated heterocycles. The first-order chi connectivity index (χ1) is 11.2. The number of anilines is 1. The molecule has 2 unspecified atom stereocenters. The van der Waals surface area contributed by atoms with E-state index in [0.29, 0.717) is 18.2 Å². The number of nitrogens with one attached hydrogen (secondary N) is 1. The van der Waals surface area contributed by atoms with Crippen molar-refractivity contribution < 1.29 is 4.74 Å². The van der Waals surface area contributed by atoms with E-state index >= 15 is 0 Å². The van der Waals surface area contributed by atoms with Gasteiger partial charge in [0.05, 0.1) is 17.9 Å². The maximum atomic E-state index is 5.76. The molecule has 124 valence electrons. The minimum Gasteiger partial charge on any atom is -0.373 e. The predicted molar refractivity (Wildman–Crippen MR) is 88.7 cm³/mol. The van der Waals surface area contributed by atoms with Crippen molar-refractivity contribution in [3.63, 3.8) is 0 Å². The number of benzene rings is 1. The summed E-state index contributed by atoms with van der Waals surface area (Å²) < 4.78 is 7.48. The summed E-state index contributed by atoms with van der Waals surface area (Å²) in [5.74, 6) is 0.680. The minimum absolute atomic E-state index is 0.317. The fourth-order valence-corrected chi connectivity index (χ4v) is 3.01. The van der Waals surface area contributed by atoms with Gasteiger partial charge in [-0.2, -0.15) is 4.68 Å². The highest BCUT2D eigenvalue weighted by atomic mass is 16.5. The van der Waals surface area contributed by atoms with Crippen molar-refractivity contribution in [1.82, 2.24) is 25.1 Å². The summed E-state index contributed by atoms with van der Waals surface area (Å²) in [6.07, 6.45) is 1.68. The van der Waals surface area contributed by atoms with Gasteiger partial charge in [-0.15, -0.1) is 0 Å². The molecule has 1 N–H and O–H groups in total. The van der Waals surface area contributed by atoms with Crippen LogP contribution < -0.4 is 5.32 Å². The Morgan fingerprint density at radius 1 is 1.17 bits per heavy atom. The van der Waals surface area contributed by atoms with Crippen molar-refractivity contribution in [2.45, 2.75) is 32.5 Å². The van der Waals surface area contributed by atoms with Gasteiger partial charge in [-0.3, -0.25) is 4.90 Å². The molecule has 23 heavy (non-hydrogen) atoms. The fourth-order valence-electron chi connectivity index (χ4n) is 3.01. The summed E-state index contributed by atoms with van der Waals surface area (Å²) in [5, 5.41) is 15.2. The summed E-state index contributed by atoms with van der Waals surface area (Å²) in [7, 11) is 0. The lowest BCUT2D eigenvalue weighted by atomic mass is 10.2. The van der Waals surface area contributed by atoms with Crippen molar-refractivity contribution in [2.75, 3.05) is 31.5 Å². The number of morpholine rings is 1. The first kappa shape index (κ1) is 15.9. The topological polar surface area (TPSA) is 68.1 Å². The lowest BCUT2D eigenvalue weighted by Gasteiger charge is -2.35. The third kappa shape index (κ3) is 4.27. The average molecular weight is 316 g/mol. The second kappa shape index (κ2) is 7.52. The number of rotatable bonds is 6. The molecule has 7 heteroatoms. The summed E-state index contributed by atoms with van der Waals surface area (Å²) in [4.78, 5) is 2.46. The number of ether oxygens (including phenoxy) is 1. The van der Waals surface area contributed by atoms with Gasteiger partial charge in [0, 0.05) is 26.2 Å². The van der Waals surface area contributed by atoms with Crippen molar-refractivity contribution in [3.05, 3.63) is 30.3 Å². The highest BCUT2D eigenvalue weighted by Gasteiger charge is 2.21. The second-order valence-corrected chi connectivity index (χ2v) is 6.05. The third-order valence-corrected chi connectivity index (χ3v) is 3.90. The Morgan fingerprint density at radius 2 is 1.91 bits per heavy atom. The molecule has 0 spiro atoms. The van der Waals surface area contributed by atoms with Crippen LogP contribution in [0.25, 0.3) is 5.69 Å². The van der Waals surface area contributed by atoms with Crippen molar-refractivity contribution >= 4 is 5.95 Å². The minimum atomic E-state index is 0.317. The van der Waals surface area contributed by atoms with E-state index < -0.39 is 0 Å². The van der Waals surface area contributed by atoms with Crippen LogP contribution >= 0.6 is 0 Å². The number of hydrogen-bond donors (Lipinski definition) is 1. The average Bonchev–Trinajstić information content (AvgIpc) is 3.00. The number of nitrogens with zero attached hydrogens (tertiary/aromatic N) is 5. The highest BCUT2D eigenvalue weighted by molar-refractivity contribution is 5.38. The van der Waals surface area contributed by atoms with Gasteiger partial charge in [0.1, 0.15) is 0 Å². The molecule has 1 fully saturated rings. The Kier molecular flexibility index (Phi) is 5.19. The van der Waals surface area contributed by atoms with Crippen LogP contribution in [0.5, 0.6) is 0 Å². The Balaban J connectivity index is 1.47. The third-order valence-electron chi connectivity index (χ3n) is 3.90. The quantitative estimate of drug-likeness (QED) is 0.816. The van der Waals surface area contributed by atoms with E-state index in [-0.39, 0.29) is 0 Å². The molecule has 0 aliphatic carbocycles. The van der Waals surface area contributed by atoms with Gasteiger partial charge in [-0.05, 0) is 42.8 Å². The zero-order valence-electron chi connectivity index (χ0n) is 13.7. The lowest BCUT2D eigenvalue weighted by Crippen LogP contribution is -2.45. The van der Waals surface area contributed by atoms with Crippen LogP contribution in [0, 0.1) is 0 Å². The number of aromatic nitrogens is 4. The molecule has 2 atom stereocenters. The van der Waals surface area contributed by atoms with Gasteiger partial charge in [-0.25, -0.2) is 0 Å². The largest absolute Gasteiger partial charge is 0.373 e. The summed E-state index contributed by atoms with van der Waals surface area (Å²) in [5.41, 5.74) is 0.954.